The van der Waals surface area contributed by atoms with Crippen LogP contribution in [0.15, 0.2) is 12.1 Å². The average molecular weight is 228 g/mol. The van der Waals surface area contributed by atoms with Crippen LogP contribution in [0.4, 0.5) is 4.39 Å². The Kier molecular flexibility index (Phi) is 3.27. The fourth-order valence-electron chi connectivity index (χ4n) is 2.06. The van der Waals surface area contributed by atoms with E-state index in [-0.39, 0.29) is 5.82 Å². The predicted octanol–water partition coefficient (Wildman–Crippen LogP) is 3.25. The number of piperidine rings is 1. The van der Waals surface area contributed by atoms with Crippen LogP contribution in [0.5, 0.6) is 0 Å². The number of nitrogens with one attached hydrogen (secondary N) is 1. The zero-order valence-corrected chi connectivity index (χ0v) is 9.57. The van der Waals surface area contributed by atoms with Gasteiger partial charge < -0.3 is 5.32 Å². The lowest BCUT2D eigenvalue weighted by Gasteiger charge is -2.23. The summed E-state index contributed by atoms with van der Waals surface area (Å²) in [4.78, 5) is 0. The van der Waals surface area contributed by atoms with Gasteiger partial charge in [-0.1, -0.05) is 11.6 Å². The molecule has 2 rings (SSSR count). The van der Waals surface area contributed by atoms with E-state index in [1.54, 1.807) is 13.0 Å². The lowest BCUT2D eigenvalue weighted by atomic mass is 9.90. The second-order valence-corrected chi connectivity index (χ2v) is 4.54. The molecule has 0 aliphatic carbocycles. The summed E-state index contributed by atoms with van der Waals surface area (Å²) < 4.78 is 13.5. The summed E-state index contributed by atoms with van der Waals surface area (Å²) in [6.07, 6.45) is 2.14. The molecule has 1 fully saturated rings. The SMILES string of the molecule is Cc1c(F)cc(C2CCNCC2)cc1Cl. The fourth-order valence-corrected chi connectivity index (χ4v) is 2.27. The van der Waals surface area contributed by atoms with Crippen molar-refractivity contribution in [1.29, 1.82) is 0 Å². The Morgan fingerprint density at radius 3 is 2.60 bits per heavy atom. The van der Waals surface area contributed by atoms with Gasteiger partial charge >= 0.3 is 0 Å². The van der Waals surface area contributed by atoms with E-state index >= 15 is 0 Å². The molecule has 1 N–H and O–H groups in total. The van der Waals surface area contributed by atoms with Gasteiger partial charge in [-0.25, -0.2) is 4.39 Å². The molecule has 0 amide bonds. The van der Waals surface area contributed by atoms with Gasteiger partial charge in [-0.05, 0) is 56.5 Å². The summed E-state index contributed by atoms with van der Waals surface area (Å²) in [5.74, 6) is 0.273. The molecule has 1 saturated heterocycles. The van der Waals surface area contributed by atoms with E-state index in [9.17, 15) is 4.39 Å². The number of hydrogen-bond donors (Lipinski definition) is 1. The molecule has 3 heteroatoms. The van der Waals surface area contributed by atoms with E-state index in [0.29, 0.717) is 16.5 Å². The summed E-state index contributed by atoms with van der Waals surface area (Å²) >= 11 is 5.98. The van der Waals surface area contributed by atoms with Crippen LogP contribution in [0.2, 0.25) is 5.02 Å². The Hall–Kier alpha value is -0.600. The van der Waals surface area contributed by atoms with E-state index in [1.807, 2.05) is 6.07 Å². The first-order chi connectivity index (χ1) is 7.18. The van der Waals surface area contributed by atoms with Crippen molar-refractivity contribution in [2.24, 2.45) is 0 Å². The highest BCUT2D eigenvalue weighted by atomic mass is 35.5. The Morgan fingerprint density at radius 2 is 2.00 bits per heavy atom. The predicted molar refractivity (Wildman–Crippen MR) is 61.0 cm³/mol. The van der Waals surface area contributed by atoms with Gasteiger partial charge in [-0.2, -0.15) is 0 Å². The van der Waals surface area contributed by atoms with Crippen LogP contribution in [0.1, 0.15) is 29.9 Å². The lowest BCUT2D eigenvalue weighted by molar-refractivity contribution is 0.458. The van der Waals surface area contributed by atoms with Crippen molar-refractivity contribution in [3.05, 3.63) is 34.1 Å². The molecule has 82 valence electrons. The smallest absolute Gasteiger partial charge is 0.127 e. The maximum Gasteiger partial charge on any atom is 0.127 e. The van der Waals surface area contributed by atoms with Crippen LogP contribution in [-0.4, -0.2) is 13.1 Å². The first kappa shape index (κ1) is 10.9. The zero-order chi connectivity index (χ0) is 10.8. The average Bonchev–Trinajstić information content (AvgIpc) is 2.26. The number of hydrogen-bond acceptors (Lipinski definition) is 1. The van der Waals surface area contributed by atoms with Gasteiger partial charge in [0.1, 0.15) is 5.82 Å². The van der Waals surface area contributed by atoms with Crippen molar-refractivity contribution in [1.82, 2.24) is 5.32 Å². The third kappa shape index (κ3) is 2.32. The topological polar surface area (TPSA) is 12.0 Å². The van der Waals surface area contributed by atoms with Crippen LogP contribution < -0.4 is 5.32 Å². The first-order valence-corrected chi connectivity index (χ1v) is 5.72. The minimum absolute atomic E-state index is 0.184. The third-order valence-corrected chi connectivity index (χ3v) is 3.51. The summed E-state index contributed by atoms with van der Waals surface area (Å²) in [5, 5.41) is 3.84. The van der Waals surface area contributed by atoms with E-state index in [4.69, 9.17) is 11.6 Å². The summed E-state index contributed by atoms with van der Waals surface area (Å²) in [5.41, 5.74) is 1.60. The second kappa shape index (κ2) is 4.50. The lowest BCUT2D eigenvalue weighted by Crippen LogP contribution is -2.26. The summed E-state index contributed by atoms with van der Waals surface area (Å²) in [6, 6.07) is 3.55. The molecule has 1 nitrogen and oxygen atoms in total. The Labute approximate surface area is 94.6 Å². The molecule has 1 aliphatic rings. The number of halogens is 2. The quantitative estimate of drug-likeness (QED) is 0.777. The molecule has 1 aromatic carbocycles. The minimum Gasteiger partial charge on any atom is -0.317 e. The van der Waals surface area contributed by atoms with Gasteiger partial charge in [-0.15, -0.1) is 0 Å². The highest BCUT2D eigenvalue weighted by molar-refractivity contribution is 6.31. The standard InChI is InChI=1S/C12H15ClFN/c1-8-11(13)6-10(7-12(8)14)9-2-4-15-5-3-9/h6-7,9,15H,2-5H2,1H3. The second-order valence-electron chi connectivity index (χ2n) is 4.13. The van der Waals surface area contributed by atoms with Gasteiger partial charge in [-0.3, -0.25) is 0 Å². The number of rotatable bonds is 1. The maximum atomic E-state index is 13.5. The Balaban J connectivity index is 2.27. The van der Waals surface area contributed by atoms with Crippen molar-refractivity contribution < 1.29 is 4.39 Å². The van der Waals surface area contributed by atoms with Crippen LogP contribution >= 0.6 is 11.6 Å². The molecular formula is C12H15ClFN. The number of benzene rings is 1. The van der Waals surface area contributed by atoms with Crippen LogP contribution in [0.3, 0.4) is 0 Å². The molecule has 0 unspecified atom stereocenters. The van der Waals surface area contributed by atoms with Crippen molar-refractivity contribution in [3.8, 4) is 0 Å². The molecular weight excluding hydrogens is 213 g/mol. The van der Waals surface area contributed by atoms with E-state index < -0.39 is 0 Å². The molecule has 1 aliphatic heterocycles. The van der Waals surface area contributed by atoms with E-state index in [0.717, 1.165) is 31.5 Å². The van der Waals surface area contributed by atoms with Gasteiger partial charge in [0.05, 0.1) is 0 Å². The van der Waals surface area contributed by atoms with Crippen LogP contribution in [-0.2, 0) is 0 Å². The molecule has 0 saturated carbocycles. The van der Waals surface area contributed by atoms with Gasteiger partial charge in [0.25, 0.3) is 0 Å². The monoisotopic (exact) mass is 227 g/mol. The van der Waals surface area contributed by atoms with Gasteiger partial charge in [0, 0.05) is 10.6 Å². The van der Waals surface area contributed by atoms with E-state index in [2.05, 4.69) is 5.32 Å². The third-order valence-electron chi connectivity index (χ3n) is 3.11. The molecule has 1 heterocycles. The molecule has 0 atom stereocenters. The van der Waals surface area contributed by atoms with Crippen LogP contribution in [0, 0.1) is 12.7 Å². The molecule has 1 aromatic rings. The zero-order valence-electron chi connectivity index (χ0n) is 8.82. The van der Waals surface area contributed by atoms with Crippen molar-refractivity contribution in [2.75, 3.05) is 13.1 Å². The Morgan fingerprint density at radius 1 is 1.33 bits per heavy atom. The van der Waals surface area contributed by atoms with Crippen molar-refractivity contribution in [2.45, 2.75) is 25.7 Å². The molecule has 0 aromatic heterocycles. The Bertz CT molecular complexity index is 336. The largest absolute Gasteiger partial charge is 0.317 e. The first-order valence-electron chi connectivity index (χ1n) is 5.34. The van der Waals surface area contributed by atoms with Crippen molar-refractivity contribution >= 4 is 11.6 Å². The van der Waals surface area contributed by atoms with Gasteiger partial charge in [0.2, 0.25) is 0 Å². The summed E-state index contributed by atoms with van der Waals surface area (Å²) in [6.45, 7) is 3.74. The molecule has 0 bridgehead atoms. The summed E-state index contributed by atoms with van der Waals surface area (Å²) in [7, 11) is 0. The van der Waals surface area contributed by atoms with Gasteiger partial charge in [0.15, 0.2) is 0 Å². The normalized spacial score (nSPS) is 18.1. The van der Waals surface area contributed by atoms with E-state index in [1.165, 1.54) is 0 Å². The molecule has 0 spiro atoms. The fraction of sp³-hybridized carbons (Fsp3) is 0.500. The highest BCUT2D eigenvalue weighted by Crippen LogP contribution is 2.30. The molecule has 15 heavy (non-hydrogen) atoms. The van der Waals surface area contributed by atoms with Crippen molar-refractivity contribution in [3.63, 3.8) is 0 Å². The maximum absolute atomic E-state index is 13.5. The molecule has 0 radical (unpaired) electrons. The highest BCUT2D eigenvalue weighted by Gasteiger charge is 2.17. The van der Waals surface area contributed by atoms with Crippen LogP contribution in [0.25, 0.3) is 0 Å². The minimum atomic E-state index is -0.184.